The first-order chi connectivity index (χ1) is 16.9. The van der Waals surface area contributed by atoms with Gasteiger partial charge in [0, 0.05) is 41.5 Å². The van der Waals surface area contributed by atoms with E-state index in [1.54, 1.807) is 24.3 Å². The van der Waals surface area contributed by atoms with Crippen LogP contribution >= 0.6 is 0 Å². The highest BCUT2D eigenvalue weighted by atomic mass is 19.2. The highest BCUT2D eigenvalue weighted by molar-refractivity contribution is 6.57. The first kappa shape index (κ1) is 21.3. The predicted molar refractivity (Wildman–Crippen MR) is 136 cm³/mol. The predicted octanol–water partition coefficient (Wildman–Crippen LogP) is 5.65. The Balaban J connectivity index is 1.46. The molecule has 0 spiro atoms. The lowest BCUT2D eigenvalue weighted by Gasteiger charge is -2.30. The average Bonchev–Trinajstić information content (AvgIpc) is 3.52. The Morgan fingerprint density at radius 3 is 2.63 bits per heavy atom. The number of halogens is 2. The molecule has 174 valence electrons. The van der Waals surface area contributed by atoms with Crippen LogP contribution in [-0.4, -0.2) is 28.7 Å². The molecule has 6 rings (SSSR count). The number of rotatable bonds is 4. The highest BCUT2D eigenvalue weighted by Gasteiger charge is 2.51. The zero-order valence-electron chi connectivity index (χ0n) is 19.3. The first-order valence-electron chi connectivity index (χ1n) is 11.6. The summed E-state index contributed by atoms with van der Waals surface area (Å²) in [5, 5.41) is 4.09. The Morgan fingerprint density at radius 2 is 1.86 bits per heavy atom. The van der Waals surface area contributed by atoms with Gasteiger partial charge in [-0.3, -0.25) is 0 Å². The molecule has 0 aliphatic carbocycles. The maximum Gasteiger partial charge on any atom is 0.737 e. The maximum absolute atomic E-state index is 15.0. The molecule has 4 aromatic rings. The summed E-state index contributed by atoms with van der Waals surface area (Å²) in [5.74, 6) is 0. The molecule has 2 aromatic heterocycles. The molecule has 2 aromatic carbocycles. The largest absolute Gasteiger partial charge is 0.737 e. The van der Waals surface area contributed by atoms with Gasteiger partial charge in [0.15, 0.2) is 5.70 Å². The molecule has 35 heavy (non-hydrogen) atoms. The number of hydrogen-bond donors (Lipinski definition) is 1. The number of fused-ring (bicyclic) bond motifs is 3. The minimum atomic E-state index is -3.94. The van der Waals surface area contributed by atoms with Crippen molar-refractivity contribution in [3.05, 3.63) is 106 Å². The van der Waals surface area contributed by atoms with Gasteiger partial charge in [-0.05, 0) is 61.0 Å². The molecule has 0 bridgehead atoms. The fraction of sp³-hybridized carbons (Fsp3) is 0.111. The summed E-state index contributed by atoms with van der Waals surface area (Å²) in [5.41, 5.74) is 5.51. The van der Waals surface area contributed by atoms with E-state index in [0.29, 0.717) is 22.5 Å². The highest BCUT2D eigenvalue weighted by Crippen LogP contribution is 2.39. The molecule has 8 heteroatoms. The van der Waals surface area contributed by atoms with E-state index < -0.39 is 12.6 Å². The molecular weight excluding hydrogens is 447 g/mol. The van der Waals surface area contributed by atoms with Gasteiger partial charge in [0.1, 0.15) is 11.8 Å². The molecule has 0 saturated heterocycles. The van der Waals surface area contributed by atoms with Crippen LogP contribution in [0.15, 0.2) is 87.9 Å². The van der Waals surface area contributed by atoms with Crippen LogP contribution in [0, 0.1) is 6.92 Å². The molecule has 2 aliphatic rings. The fourth-order valence-corrected chi connectivity index (χ4v) is 5.12. The number of aryl methyl sites for hydroxylation is 1. The maximum atomic E-state index is 15.0. The molecule has 0 fully saturated rings. The summed E-state index contributed by atoms with van der Waals surface area (Å²) in [4.78, 5) is 13.0. The number of benzene rings is 2. The minimum Gasteiger partial charge on any atom is -0.422 e. The van der Waals surface area contributed by atoms with Crippen molar-refractivity contribution in [1.82, 2.24) is 4.48 Å². The molecule has 4 heterocycles. The third kappa shape index (κ3) is 3.13. The van der Waals surface area contributed by atoms with Crippen molar-refractivity contribution in [3.63, 3.8) is 0 Å². The zero-order valence-corrected chi connectivity index (χ0v) is 19.3. The van der Waals surface area contributed by atoms with E-state index in [1.807, 2.05) is 56.3 Å². The number of nitrogens with zero attached hydrogens (tertiary/aromatic N) is 2. The second-order valence-electron chi connectivity index (χ2n) is 8.77. The van der Waals surface area contributed by atoms with Crippen LogP contribution in [0.1, 0.15) is 23.7 Å². The second kappa shape index (κ2) is 7.66. The second-order valence-corrected chi connectivity index (χ2v) is 8.77. The fourth-order valence-electron chi connectivity index (χ4n) is 5.12. The van der Waals surface area contributed by atoms with Crippen molar-refractivity contribution in [2.75, 3.05) is 11.9 Å². The number of anilines is 1. The molecular formula is C27H22BF2N3O2. The van der Waals surface area contributed by atoms with Crippen LogP contribution in [0.2, 0.25) is 0 Å². The zero-order chi connectivity index (χ0) is 24.3. The van der Waals surface area contributed by atoms with Gasteiger partial charge in [-0.2, -0.15) is 0 Å². The van der Waals surface area contributed by atoms with Crippen LogP contribution in [0.3, 0.4) is 0 Å². The SMILES string of the molecule is CCNc1ccc2c(C)c(-c3ccc(C4=C5C=CC=[N+]5[B-](F)(F)n5cccc54)cc3)c(=O)oc2c1. The number of nitrogens with one attached hydrogen (secondary N) is 1. The Bertz CT molecular complexity index is 1660. The molecule has 0 atom stereocenters. The van der Waals surface area contributed by atoms with Crippen molar-refractivity contribution >= 4 is 35.4 Å². The van der Waals surface area contributed by atoms with Gasteiger partial charge in [-0.25, -0.2) is 4.79 Å². The molecule has 1 N–H and O–H groups in total. The van der Waals surface area contributed by atoms with E-state index in [2.05, 4.69) is 5.32 Å². The standard InChI is InChI=1S/C27H22BF2N3O2/c1-3-31-20-12-13-21-17(2)25(27(34)35-24(21)16-20)18-8-10-19(11-9-18)26-22-6-4-14-32(22)28(29,30)33-15-5-7-23(26)33/h4-16,31H,3H2,1-2H3. The smallest absolute Gasteiger partial charge is 0.422 e. The topological polar surface area (TPSA) is 50.2 Å². The first-order valence-corrected chi connectivity index (χ1v) is 11.6. The molecule has 0 radical (unpaired) electrons. The van der Waals surface area contributed by atoms with Crippen molar-refractivity contribution in [1.29, 1.82) is 0 Å². The molecule has 0 unspecified atom stereocenters. The lowest BCUT2D eigenvalue weighted by molar-refractivity contribution is -0.356. The van der Waals surface area contributed by atoms with E-state index in [9.17, 15) is 4.79 Å². The quantitative estimate of drug-likeness (QED) is 0.311. The van der Waals surface area contributed by atoms with E-state index in [1.165, 1.54) is 12.4 Å². The van der Waals surface area contributed by atoms with E-state index >= 15 is 8.63 Å². The summed E-state index contributed by atoms with van der Waals surface area (Å²) >= 11 is 0. The minimum absolute atomic E-state index is 0.410. The van der Waals surface area contributed by atoms with Crippen LogP contribution < -0.4 is 10.9 Å². The summed E-state index contributed by atoms with van der Waals surface area (Å²) in [7, 11) is 0. The van der Waals surface area contributed by atoms with Crippen LogP contribution in [0.5, 0.6) is 0 Å². The number of aromatic nitrogens is 1. The van der Waals surface area contributed by atoms with Gasteiger partial charge < -0.3 is 27.3 Å². The lowest BCUT2D eigenvalue weighted by Crippen LogP contribution is -2.49. The van der Waals surface area contributed by atoms with Crippen molar-refractivity contribution < 1.29 is 17.5 Å². The summed E-state index contributed by atoms with van der Waals surface area (Å²) < 4.78 is 37.8. The van der Waals surface area contributed by atoms with Crippen molar-refractivity contribution in [3.8, 4) is 11.1 Å². The van der Waals surface area contributed by atoms with E-state index in [4.69, 9.17) is 4.42 Å². The molecule has 2 aliphatic heterocycles. The van der Waals surface area contributed by atoms with Gasteiger partial charge in [0.25, 0.3) is 0 Å². The number of allylic oxidation sites excluding steroid dienone is 2. The Morgan fingerprint density at radius 1 is 1.09 bits per heavy atom. The molecule has 5 nitrogen and oxygen atoms in total. The number of hydrogen-bond acceptors (Lipinski definition) is 3. The van der Waals surface area contributed by atoms with Gasteiger partial charge in [-0.15, -0.1) is 0 Å². The van der Waals surface area contributed by atoms with E-state index in [-0.39, 0.29) is 0 Å². The molecule has 0 saturated carbocycles. The Kier molecular flexibility index (Phi) is 4.67. The van der Waals surface area contributed by atoms with Crippen LogP contribution in [-0.2, 0) is 0 Å². The summed E-state index contributed by atoms with van der Waals surface area (Å²) in [6.07, 6.45) is 6.17. The third-order valence-corrected chi connectivity index (χ3v) is 6.75. The van der Waals surface area contributed by atoms with Crippen molar-refractivity contribution in [2.45, 2.75) is 13.8 Å². The van der Waals surface area contributed by atoms with Crippen molar-refractivity contribution in [2.24, 2.45) is 0 Å². The van der Waals surface area contributed by atoms with E-state index in [0.717, 1.165) is 48.8 Å². The van der Waals surface area contributed by atoms with Gasteiger partial charge in [0.05, 0.1) is 11.1 Å². The Labute approximate surface area is 200 Å². The summed E-state index contributed by atoms with van der Waals surface area (Å²) in [6.45, 7) is 0.747. The summed E-state index contributed by atoms with van der Waals surface area (Å²) in [6, 6.07) is 16.5. The van der Waals surface area contributed by atoms with Crippen LogP contribution in [0.25, 0.3) is 27.7 Å². The lowest BCUT2D eigenvalue weighted by atomic mass is 9.86. The van der Waals surface area contributed by atoms with Gasteiger partial charge in [-0.1, -0.05) is 24.3 Å². The Hall–Kier alpha value is -4.20. The molecule has 0 amide bonds. The monoisotopic (exact) mass is 469 g/mol. The van der Waals surface area contributed by atoms with Gasteiger partial charge >= 0.3 is 12.6 Å². The third-order valence-electron chi connectivity index (χ3n) is 6.75. The van der Waals surface area contributed by atoms with Gasteiger partial charge in [0.2, 0.25) is 0 Å². The van der Waals surface area contributed by atoms with Crippen LogP contribution in [0.4, 0.5) is 14.3 Å². The normalized spacial score (nSPS) is 15.8. The average molecular weight is 469 g/mol.